The molecule has 2 aromatic rings. The first-order valence-corrected chi connectivity index (χ1v) is 9.10. The van der Waals surface area contributed by atoms with Gasteiger partial charge in [-0.2, -0.15) is 0 Å². The van der Waals surface area contributed by atoms with Crippen molar-refractivity contribution in [2.24, 2.45) is 7.05 Å². The molecule has 5 heteroatoms. The van der Waals surface area contributed by atoms with Crippen LogP contribution < -0.4 is 4.57 Å². The molecule has 25 heavy (non-hydrogen) atoms. The van der Waals surface area contributed by atoms with Crippen LogP contribution in [-0.4, -0.2) is 35.1 Å². The molecule has 1 saturated carbocycles. The Morgan fingerprint density at radius 1 is 1.32 bits per heavy atom. The van der Waals surface area contributed by atoms with Gasteiger partial charge in [0, 0.05) is 7.05 Å². The second kappa shape index (κ2) is 8.30. The van der Waals surface area contributed by atoms with Crippen molar-refractivity contribution < 1.29 is 14.1 Å². The van der Waals surface area contributed by atoms with Crippen LogP contribution in [0.25, 0.3) is 0 Å². The average molecular weight is 342 g/mol. The van der Waals surface area contributed by atoms with E-state index in [1.165, 1.54) is 12.8 Å². The Kier molecular flexibility index (Phi) is 5.87. The van der Waals surface area contributed by atoms with E-state index in [0.717, 1.165) is 24.9 Å². The number of amides is 1. The van der Waals surface area contributed by atoms with E-state index >= 15 is 0 Å². The SMILES string of the molecule is CN(CCn1cc[n+](C)c1)C(=O)C(OC1CCCC1)c1ccccc1. The molecular formula is C20H28N3O2+. The van der Waals surface area contributed by atoms with Gasteiger partial charge in [-0.05, 0) is 18.4 Å². The molecule has 0 aliphatic heterocycles. The van der Waals surface area contributed by atoms with Gasteiger partial charge < -0.3 is 9.64 Å². The molecule has 134 valence electrons. The fraction of sp³-hybridized carbons (Fsp3) is 0.500. The van der Waals surface area contributed by atoms with Crippen LogP contribution in [0.4, 0.5) is 0 Å². The van der Waals surface area contributed by atoms with Crippen molar-refractivity contribution in [2.75, 3.05) is 13.6 Å². The second-order valence-electron chi connectivity index (χ2n) is 6.91. The number of hydrogen-bond donors (Lipinski definition) is 0. The molecule has 1 aromatic heterocycles. The van der Waals surface area contributed by atoms with Crippen LogP contribution in [0.2, 0.25) is 0 Å². The van der Waals surface area contributed by atoms with E-state index in [2.05, 4.69) is 4.57 Å². The number of carbonyl (C=O) groups excluding carboxylic acids is 1. The number of hydrogen-bond acceptors (Lipinski definition) is 2. The summed E-state index contributed by atoms with van der Waals surface area (Å²) in [7, 11) is 3.85. The monoisotopic (exact) mass is 342 g/mol. The molecule has 3 rings (SSSR count). The van der Waals surface area contributed by atoms with Gasteiger partial charge in [0.1, 0.15) is 18.9 Å². The molecule has 1 aromatic carbocycles. The Morgan fingerprint density at radius 2 is 2.04 bits per heavy atom. The van der Waals surface area contributed by atoms with Crippen molar-refractivity contribution in [3.8, 4) is 0 Å². The summed E-state index contributed by atoms with van der Waals surface area (Å²) in [5.74, 6) is 0.0367. The lowest BCUT2D eigenvalue weighted by Crippen LogP contribution is -2.36. The number of benzene rings is 1. The molecule has 1 fully saturated rings. The Labute approximate surface area is 149 Å². The standard InChI is InChI=1S/C20H28N3O2/c1-21-12-14-23(16-21)15-13-22(2)20(24)19(17-8-4-3-5-9-17)25-18-10-6-7-11-18/h3-5,8-9,12,14,16,18-19H,6-7,10-11,13,15H2,1-2H3/q+1. The first-order chi connectivity index (χ1) is 12.1. The molecule has 5 nitrogen and oxygen atoms in total. The largest absolute Gasteiger partial charge is 0.360 e. The number of aryl methyl sites for hydroxylation is 1. The predicted octanol–water partition coefficient (Wildman–Crippen LogP) is 2.47. The Bertz CT molecular complexity index is 677. The van der Waals surface area contributed by atoms with Crippen molar-refractivity contribution in [3.05, 3.63) is 54.6 Å². The zero-order valence-corrected chi connectivity index (χ0v) is 15.2. The van der Waals surface area contributed by atoms with Gasteiger partial charge in [0.05, 0.1) is 19.7 Å². The van der Waals surface area contributed by atoms with E-state index in [9.17, 15) is 4.79 Å². The van der Waals surface area contributed by atoms with Crippen molar-refractivity contribution in [3.63, 3.8) is 0 Å². The van der Waals surface area contributed by atoms with Crippen molar-refractivity contribution in [1.29, 1.82) is 0 Å². The molecular weight excluding hydrogens is 314 g/mol. The van der Waals surface area contributed by atoms with Crippen LogP contribution in [0.5, 0.6) is 0 Å². The van der Waals surface area contributed by atoms with Crippen LogP contribution in [0.1, 0.15) is 37.4 Å². The summed E-state index contributed by atoms with van der Waals surface area (Å²) in [6, 6.07) is 9.87. The number of imidazole rings is 1. The Hall–Kier alpha value is -2.14. The zero-order valence-electron chi connectivity index (χ0n) is 15.2. The topological polar surface area (TPSA) is 38.4 Å². The smallest absolute Gasteiger partial charge is 0.256 e. The lowest BCUT2D eigenvalue weighted by Gasteiger charge is -2.26. The maximum atomic E-state index is 13.0. The second-order valence-corrected chi connectivity index (χ2v) is 6.91. The summed E-state index contributed by atoms with van der Waals surface area (Å²) in [6.45, 7) is 1.43. The predicted molar refractivity (Wildman–Crippen MR) is 95.8 cm³/mol. The van der Waals surface area contributed by atoms with Crippen LogP contribution in [0.3, 0.4) is 0 Å². The number of nitrogens with zero attached hydrogens (tertiary/aromatic N) is 3. The highest BCUT2D eigenvalue weighted by atomic mass is 16.5. The third-order valence-electron chi connectivity index (χ3n) is 4.85. The molecule has 0 radical (unpaired) electrons. The van der Waals surface area contributed by atoms with Crippen LogP contribution >= 0.6 is 0 Å². The molecule has 0 bridgehead atoms. The van der Waals surface area contributed by atoms with Gasteiger partial charge in [0.15, 0.2) is 6.10 Å². The molecule has 0 spiro atoms. The van der Waals surface area contributed by atoms with Crippen molar-refractivity contribution in [2.45, 2.75) is 44.4 Å². The maximum Gasteiger partial charge on any atom is 0.256 e. The Morgan fingerprint density at radius 3 is 2.68 bits per heavy atom. The summed E-state index contributed by atoms with van der Waals surface area (Å²) in [4.78, 5) is 14.8. The van der Waals surface area contributed by atoms with Crippen LogP contribution in [0.15, 0.2) is 49.1 Å². The summed E-state index contributed by atoms with van der Waals surface area (Å²) in [5.41, 5.74) is 0.943. The molecule has 0 saturated heterocycles. The summed E-state index contributed by atoms with van der Waals surface area (Å²) in [6.07, 6.45) is 10.2. The fourth-order valence-corrected chi connectivity index (χ4v) is 3.33. The van der Waals surface area contributed by atoms with Crippen LogP contribution in [-0.2, 0) is 23.1 Å². The quantitative estimate of drug-likeness (QED) is 0.725. The maximum absolute atomic E-state index is 13.0. The normalized spacial score (nSPS) is 16.1. The number of carbonyl (C=O) groups is 1. The molecule has 1 heterocycles. The van der Waals surface area contributed by atoms with Gasteiger partial charge in [0.2, 0.25) is 6.33 Å². The van der Waals surface area contributed by atoms with Gasteiger partial charge in [-0.3, -0.25) is 4.79 Å². The van der Waals surface area contributed by atoms with Gasteiger partial charge in [-0.1, -0.05) is 43.2 Å². The highest BCUT2D eigenvalue weighted by Crippen LogP contribution is 2.29. The molecule has 1 aliphatic carbocycles. The van der Waals surface area contributed by atoms with E-state index < -0.39 is 6.10 Å². The average Bonchev–Trinajstić information content (AvgIpc) is 3.29. The number of likely N-dealkylation sites (N-methyl/N-ethyl adjacent to an activating group) is 1. The first kappa shape index (κ1) is 17.7. The van der Waals surface area contributed by atoms with Gasteiger partial charge in [-0.25, -0.2) is 9.13 Å². The highest BCUT2D eigenvalue weighted by Gasteiger charge is 2.29. The lowest BCUT2D eigenvalue weighted by molar-refractivity contribution is -0.671. The molecule has 1 amide bonds. The molecule has 1 atom stereocenters. The molecule has 1 unspecified atom stereocenters. The minimum Gasteiger partial charge on any atom is -0.360 e. The van der Waals surface area contributed by atoms with E-state index in [4.69, 9.17) is 4.74 Å². The van der Waals surface area contributed by atoms with E-state index in [0.29, 0.717) is 6.54 Å². The molecule has 0 N–H and O–H groups in total. The van der Waals surface area contributed by atoms with Crippen molar-refractivity contribution in [1.82, 2.24) is 9.47 Å². The lowest BCUT2D eigenvalue weighted by atomic mass is 10.1. The Balaban J connectivity index is 1.66. The molecule has 1 aliphatic rings. The van der Waals surface area contributed by atoms with Crippen molar-refractivity contribution >= 4 is 5.91 Å². The third kappa shape index (κ3) is 4.69. The summed E-state index contributed by atoms with van der Waals surface area (Å²) >= 11 is 0. The van der Waals surface area contributed by atoms with Gasteiger partial charge in [0.25, 0.3) is 5.91 Å². The summed E-state index contributed by atoms with van der Waals surface area (Å²) < 4.78 is 10.3. The van der Waals surface area contributed by atoms with Crippen LogP contribution in [0, 0.1) is 0 Å². The minimum atomic E-state index is -0.505. The first-order valence-electron chi connectivity index (χ1n) is 9.10. The summed E-state index contributed by atoms with van der Waals surface area (Å²) in [5, 5.41) is 0. The third-order valence-corrected chi connectivity index (χ3v) is 4.85. The highest BCUT2D eigenvalue weighted by molar-refractivity contribution is 5.82. The number of rotatable bonds is 7. The van der Waals surface area contributed by atoms with E-state index in [1.54, 1.807) is 4.90 Å². The van der Waals surface area contributed by atoms with Gasteiger partial charge in [-0.15, -0.1) is 0 Å². The zero-order chi connectivity index (χ0) is 17.6. The minimum absolute atomic E-state index is 0.0367. The number of ether oxygens (including phenoxy) is 1. The van der Waals surface area contributed by atoms with E-state index in [1.807, 2.05) is 67.7 Å². The van der Waals surface area contributed by atoms with E-state index in [-0.39, 0.29) is 12.0 Å². The number of aromatic nitrogens is 2. The fourth-order valence-electron chi connectivity index (χ4n) is 3.33. The van der Waals surface area contributed by atoms with Gasteiger partial charge >= 0.3 is 0 Å².